The Kier molecular flexibility index (Phi) is 6.21. The van der Waals surface area contributed by atoms with E-state index < -0.39 is 9.84 Å². The first-order valence-corrected chi connectivity index (χ1v) is 10.3. The number of hydrogen-bond donors (Lipinski definition) is 1. The number of nitrogens with two attached hydrogens (primary N) is 1. The van der Waals surface area contributed by atoms with Gasteiger partial charge in [-0.1, -0.05) is 27.2 Å². The molecule has 1 aliphatic carbocycles. The summed E-state index contributed by atoms with van der Waals surface area (Å²) in [5, 5.41) is 0.423. The number of rotatable bonds is 6. The van der Waals surface area contributed by atoms with Gasteiger partial charge in [0.25, 0.3) is 0 Å². The van der Waals surface area contributed by atoms with Gasteiger partial charge in [0.1, 0.15) is 9.84 Å². The second-order valence-electron chi connectivity index (χ2n) is 6.56. The summed E-state index contributed by atoms with van der Waals surface area (Å²) < 4.78 is 22.4. The molecule has 0 heterocycles. The molecule has 0 bridgehead atoms. The van der Waals surface area contributed by atoms with E-state index >= 15 is 0 Å². The summed E-state index contributed by atoms with van der Waals surface area (Å²) in [4.78, 5) is 0. The molecule has 2 N–H and O–H groups in total. The molecule has 1 fully saturated rings. The lowest BCUT2D eigenvalue weighted by Crippen LogP contribution is -2.42. The number of hydrogen-bond acceptors (Lipinski definition) is 4. The highest BCUT2D eigenvalue weighted by Gasteiger charge is 2.36. The largest absolute Gasteiger partial charge is 0.327 e. The summed E-state index contributed by atoms with van der Waals surface area (Å²) >= 11 is 1.76. The Morgan fingerprint density at radius 3 is 2.47 bits per heavy atom. The Bertz CT molecular complexity index is 379. The summed E-state index contributed by atoms with van der Waals surface area (Å²) in [6, 6.07) is 0.230. The average Bonchev–Trinajstić information content (AvgIpc) is 2.29. The van der Waals surface area contributed by atoms with Gasteiger partial charge in [0.15, 0.2) is 0 Å². The van der Waals surface area contributed by atoms with Crippen LogP contribution in [0.1, 0.15) is 46.5 Å². The van der Waals surface area contributed by atoms with E-state index in [1.807, 2.05) is 0 Å². The smallest absolute Gasteiger partial charge is 0.148 e. The minimum absolute atomic E-state index is 0.230. The van der Waals surface area contributed by atoms with E-state index in [9.17, 15) is 8.42 Å². The van der Waals surface area contributed by atoms with Gasteiger partial charge in [-0.25, -0.2) is 8.42 Å². The fourth-order valence-electron chi connectivity index (χ4n) is 2.69. The van der Waals surface area contributed by atoms with Crippen molar-refractivity contribution >= 4 is 21.6 Å². The number of sulfone groups is 1. The zero-order valence-corrected chi connectivity index (χ0v) is 14.3. The molecule has 114 valence electrons. The van der Waals surface area contributed by atoms with Gasteiger partial charge in [-0.15, -0.1) is 0 Å². The van der Waals surface area contributed by atoms with Crippen LogP contribution >= 0.6 is 11.8 Å². The summed E-state index contributed by atoms with van der Waals surface area (Å²) in [5.74, 6) is 1.66. The quantitative estimate of drug-likeness (QED) is 0.819. The summed E-state index contributed by atoms with van der Waals surface area (Å²) in [6.45, 7) is 6.93. The second kappa shape index (κ2) is 6.81. The maximum absolute atomic E-state index is 11.2. The molecule has 3 atom stereocenters. The molecule has 1 saturated carbocycles. The first-order valence-electron chi connectivity index (χ1n) is 7.20. The molecule has 0 amide bonds. The van der Waals surface area contributed by atoms with Crippen molar-refractivity contribution in [1.82, 2.24) is 0 Å². The second-order valence-corrected chi connectivity index (χ2v) is 10.2. The van der Waals surface area contributed by atoms with Crippen LogP contribution in [0.4, 0.5) is 0 Å². The third kappa shape index (κ3) is 5.64. The van der Waals surface area contributed by atoms with Crippen LogP contribution < -0.4 is 5.73 Å². The molecule has 0 aromatic rings. The fourth-order valence-corrected chi connectivity index (χ4v) is 5.34. The molecule has 3 nitrogen and oxygen atoms in total. The third-order valence-electron chi connectivity index (χ3n) is 4.65. The van der Waals surface area contributed by atoms with E-state index in [0.29, 0.717) is 22.3 Å². The summed E-state index contributed by atoms with van der Waals surface area (Å²) in [6.07, 6.45) is 5.91. The SMILES string of the molecule is CCC(C)(C)C1CCC(N)C(SCCS(C)(=O)=O)C1. The van der Waals surface area contributed by atoms with Crippen molar-refractivity contribution in [1.29, 1.82) is 0 Å². The lowest BCUT2D eigenvalue weighted by atomic mass is 9.69. The molecular weight excluding hydrogens is 278 g/mol. The van der Waals surface area contributed by atoms with E-state index in [4.69, 9.17) is 5.73 Å². The molecular formula is C14H29NO2S2. The highest BCUT2D eigenvalue weighted by Crippen LogP contribution is 2.43. The van der Waals surface area contributed by atoms with Gasteiger partial charge < -0.3 is 5.73 Å². The van der Waals surface area contributed by atoms with Crippen LogP contribution in [0.25, 0.3) is 0 Å². The van der Waals surface area contributed by atoms with Gasteiger partial charge in [0.2, 0.25) is 0 Å². The minimum Gasteiger partial charge on any atom is -0.327 e. The van der Waals surface area contributed by atoms with Gasteiger partial charge in [-0.05, 0) is 30.6 Å². The average molecular weight is 308 g/mol. The van der Waals surface area contributed by atoms with Crippen LogP contribution in [0.3, 0.4) is 0 Å². The van der Waals surface area contributed by atoms with Crippen molar-refractivity contribution in [3.63, 3.8) is 0 Å². The van der Waals surface area contributed by atoms with Gasteiger partial charge >= 0.3 is 0 Å². The van der Waals surface area contributed by atoms with Gasteiger partial charge in [-0.2, -0.15) is 11.8 Å². The Morgan fingerprint density at radius 1 is 1.32 bits per heavy atom. The number of thioether (sulfide) groups is 1. The molecule has 0 spiro atoms. The molecule has 0 aromatic carbocycles. The van der Waals surface area contributed by atoms with Crippen molar-refractivity contribution in [2.75, 3.05) is 17.8 Å². The third-order valence-corrected chi connectivity index (χ3v) is 7.26. The zero-order chi connectivity index (χ0) is 14.7. The highest BCUT2D eigenvalue weighted by molar-refractivity contribution is 8.01. The Hall–Kier alpha value is 0.260. The van der Waals surface area contributed by atoms with E-state index in [1.165, 1.54) is 19.1 Å². The van der Waals surface area contributed by atoms with Crippen LogP contribution in [-0.4, -0.2) is 37.5 Å². The van der Waals surface area contributed by atoms with Gasteiger partial charge in [-0.3, -0.25) is 0 Å². The molecule has 3 unspecified atom stereocenters. The van der Waals surface area contributed by atoms with E-state index in [1.54, 1.807) is 11.8 Å². The standard InChI is InChI=1S/C14H29NO2S2/c1-5-14(2,3)11-6-7-12(15)13(10-11)18-8-9-19(4,16)17/h11-13H,5-10,15H2,1-4H3. The minimum atomic E-state index is -2.85. The Balaban J connectivity index is 2.52. The van der Waals surface area contributed by atoms with Crippen molar-refractivity contribution in [3.05, 3.63) is 0 Å². The molecule has 1 aliphatic rings. The van der Waals surface area contributed by atoms with Crippen LogP contribution in [0.2, 0.25) is 0 Å². The highest BCUT2D eigenvalue weighted by atomic mass is 32.2. The van der Waals surface area contributed by atoms with Crippen molar-refractivity contribution < 1.29 is 8.42 Å². The van der Waals surface area contributed by atoms with Gasteiger partial charge in [0, 0.05) is 23.3 Å². The van der Waals surface area contributed by atoms with Gasteiger partial charge in [0.05, 0.1) is 5.75 Å². The van der Waals surface area contributed by atoms with Crippen LogP contribution in [-0.2, 0) is 9.84 Å². The van der Waals surface area contributed by atoms with E-state index in [-0.39, 0.29) is 11.8 Å². The van der Waals surface area contributed by atoms with Crippen LogP contribution in [0.15, 0.2) is 0 Å². The maximum atomic E-state index is 11.2. The van der Waals surface area contributed by atoms with Crippen LogP contribution in [0.5, 0.6) is 0 Å². The normalized spacial score (nSPS) is 29.4. The first kappa shape index (κ1) is 17.3. The zero-order valence-electron chi connectivity index (χ0n) is 12.7. The molecule has 0 saturated heterocycles. The molecule has 1 rings (SSSR count). The molecule has 0 aliphatic heterocycles. The monoisotopic (exact) mass is 307 g/mol. The molecule has 0 radical (unpaired) electrons. The predicted octanol–water partition coefficient (Wildman–Crippen LogP) is 2.70. The fraction of sp³-hybridized carbons (Fsp3) is 1.00. The molecule has 19 heavy (non-hydrogen) atoms. The van der Waals surface area contributed by atoms with E-state index in [0.717, 1.165) is 12.8 Å². The van der Waals surface area contributed by atoms with Crippen molar-refractivity contribution in [3.8, 4) is 0 Å². The summed E-state index contributed by atoms with van der Waals surface area (Å²) in [5.41, 5.74) is 6.58. The Morgan fingerprint density at radius 2 is 1.95 bits per heavy atom. The summed E-state index contributed by atoms with van der Waals surface area (Å²) in [7, 11) is -2.85. The maximum Gasteiger partial charge on any atom is 0.148 e. The molecule has 0 aromatic heterocycles. The topological polar surface area (TPSA) is 60.2 Å². The molecule has 5 heteroatoms. The Labute approximate surface area is 123 Å². The van der Waals surface area contributed by atoms with Crippen molar-refractivity contribution in [2.45, 2.75) is 57.7 Å². The first-order chi connectivity index (χ1) is 8.65. The van der Waals surface area contributed by atoms with Crippen LogP contribution in [0, 0.1) is 11.3 Å². The predicted molar refractivity (Wildman–Crippen MR) is 85.3 cm³/mol. The van der Waals surface area contributed by atoms with Crippen molar-refractivity contribution in [2.24, 2.45) is 17.1 Å². The lowest BCUT2D eigenvalue weighted by Gasteiger charge is -2.42. The van der Waals surface area contributed by atoms with E-state index in [2.05, 4.69) is 20.8 Å². The lowest BCUT2D eigenvalue weighted by molar-refractivity contribution is 0.148.